The first kappa shape index (κ1) is 8.40. The summed E-state index contributed by atoms with van der Waals surface area (Å²) in [6, 6.07) is 0. The summed E-state index contributed by atoms with van der Waals surface area (Å²) in [6.45, 7) is 8.88. The van der Waals surface area contributed by atoms with Gasteiger partial charge in [0.1, 0.15) is 6.61 Å². The molecule has 0 aromatic rings. The Morgan fingerprint density at radius 2 is 2.45 bits per heavy atom. The molecule has 0 unspecified atom stereocenters. The summed E-state index contributed by atoms with van der Waals surface area (Å²) in [5.74, 6) is 0.756. The first-order chi connectivity index (χ1) is 5.25. The highest BCUT2D eigenvalue weighted by Gasteiger charge is 2.11. The van der Waals surface area contributed by atoms with E-state index in [1.54, 1.807) is 6.08 Å². The zero-order chi connectivity index (χ0) is 8.27. The Hall–Kier alpha value is -0.700. The van der Waals surface area contributed by atoms with E-state index in [-0.39, 0.29) is 0 Å². The Bertz CT molecular complexity index is 220. The van der Waals surface area contributed by atoms with Crippen LogP contribution in [0, 0.1) is 0 Å². The van der Waals surface area contributed by atoms with Crippen LogP contribution in [0.15, 0.2) is 35.2 Å². The highest BCUT2D eigenvalue weighted by Crippen LogP contribution is 2.21. The number of ether oxygens (including phenoxy) is 1. The third kappa shape index (κ3) is 1.87. The fourth-order valence-corrected chi connectivity index (χ4v) is 1.21. The average molecular weight is 216 g/mol. The van der Waals surface area contributed by atoms with Gasteiger partial charge in [-0.2, -0.15) is 0 Å². The van der Waals surface area contributed by atoms with Crippen molar-refractivity contribution >= 4 is 15.9 Å². The normalized spacial score (nSPS) is 16.8. The summed E-state index contributed by atoms with van der Waals surface area (Å²) in [7, 11) is 0. The van der Waals surface area contributed by atoms with Gasteiger partial charge in [-0.1, -0.05) is 13.2 Å². The molecular weight excluding hydrogens is 206 g/mol. The molecule has 0 aromatic heterocycles. The predicted molar refractivity (Wildman–Crippen MR) is 49.2 cm³/mol. The Morgan fingerprint density at radius 1 is 1.73 bits per heavy atom. The average Bonchev–Trinajstić information content (AvgIpc) is 2.04. The molecule has 0 fully saturated rings. The van der Waals surface area contributed by atoms with E-state index >= 15 is 0 Å². The summed E-state index contributed by atoms with van der Waals surface area (Å²) in [4.78, 5) is 0. The largest absolute Gasteiger partial charge is 0.488 e. The molecule has 2 nitrogen and oxygen atoms in total. The molecule has 0 aliphatic carbocycles. The summed E-state index contributed by atoms with van der Waals surface area (Å²) < 4.78 is 6.09. The first-order valence-corrected chi connectivity index (χ1v) is 4.13. The van der Waals surface area contributed by atoms with Crippen LogP contribution >= 0.6 is 15.9 Å². The van der Waals surface area contributed by atoms with E-state index in [9.17, 15) is 0 Å². The lowest BCUT2D eigenvalue weighted by atomic mass is 10.3. The molecule has 1 N–H and O–H groups in total. The summed E-state index contributed by atoms with van der Waals surface area (Å²) >= 11 is 3.25. The maximum atomic E-state index is 5.34. The molecule has 60 valence electrons. The van der Waals surface area contributed by atoms with Crippen molar-refractivity contribution in [2.75, 3.05) is 13.2 Å². The molecule has 0 radical (unpaired) electrons. The van der Waals surface area contributed by atoms with Gasteiger partial charge in [0.15, 0.2) is 5.76 Å². The minimum absolute atomic E-state index is 0.678. The molecule has 0 atom stereocenters. The fraction of sp³-hybridized carbons (Fsp3) is 0.250. The van der Waals surface area contributed by atoms with Crippen molar-refractivity contribution in [3.05, 3.63) is 35.2 Å². The Labute approximate surface area is 74.8 Å². The van der Waals surface area contributed by atoms with Crippen LogP contribution < -0.4 is 5.32 Å². The minimum atomic E-state index is 0.678. The number of rotatable bonds is 2. The molecule has 1 rings (SSSR count). The molecule has 1 aliphatic heterocycles. The Balaban J connectivity index is 2.90. The Kier molecular flexibility index (Phi) is 2.76. The second kappa shape index (κ2) is 3.62. The molecule has 0 saturated heterocycles. The van der Waals surface area contributed by atoms with E-state index in [0.717, 1.165) is 22.5 Å². The monoisotopic (exact) mass is 215 g/mol. The van der Waals surface area contributed by atoms with Crippen molar-refractivity contribution in [1.82, 2.24) is 5.32 Å². The summed E-state index contributed by atoms with van der Waals surface area (Å²) in [6.07, 6.45) is 1.72. The molecule has 1 heterocycles. The van der Waals surface area contributed by atoms with Crippen molar-refractivity contribution in [3.63, 3.8) is 0 Å². The van der Waals surface area contributed by atoms with Crippen LogP contribution in [0.25, 0.3) is 0 Å². The lowest BCUT2D eigenvalue weighted by molar-refractivity contribution is 0.205. The van der Waals surface area contributed by atoms with Gasteiger partial charge in [-0.05, 0) is 22.0 Å². The van der Waals surface area contributed by atoms with Crippen molar-refractivity contribution in [1.29, 1.82) is 0 Å². The van der Waals surface area contributed by atoms with Crippen molar-refractivity contribution in [2.45, 2.75) is 0 Å². The molecule has 3 heteroatoms. The number of nitrogens with one attached hydrogen (secondary N) is 1. The van der Waals surface area contributed by atoms with E-state index in [0.29, 0.717) is 6.61 Å². The number of hydrogen-bond donors (Lipinski definition) is 1. The molecular formula is C8H10BrNO. The fourth-order valence-electron chi connectivity index (χ4n) is 0.886. The van der Waals surface area contributed by atoms with Gasteiger partial charge in [0, 0.05) is 6.54 Å². The lowest BCUT2D eigenvalue weighted by Crippen LogP contribution is -2.25. The number of allylic oxidation sites excluding steroid dienone is 2. The van der Waals surface area contributed by atoms with Gasteiger partial charge < -0.3 is 10.1 Å². The summed E-state index contributed by atoms with van der Waals surface area (Å²) in [5, 5.41) is 3.15. The van der Waals surface area contributed by atoms with Crippen molar-refractivity contribution in [2.24, 2.45) is 0 Å². The maximum absolute atomic E-state index is 5.34. The van der Waals surface area contributed by atoms with Gasteiger partial charge >= 0.3 is 0 Å². The van der Waals surface area contributed by atoms with Crippen LogP contribution in [0.5, 0.6) is 0 Å². The molecule has 1 aliphatic rings. The minimum Gasteiger partial charge on any atom is -0.488 e. The van der Waals surface area contributed by atoms with Crippen LogP contribution in [0.1, 0.15) is 0 Å². The van der Waals surface area contributed by atoms with Gasteiger partial charge in [-0.25, -0.2) is 0 Å². The van der Waals surface area contributed by atoms with Crippen molar-refractivity contribution < 1.29 is 4.74 Å². The van der Waals surface area contributed by atoms with Crippen LogP contribution in [-0.2, 0) is 4.74 Å². The molecule has 0 aromatic carbocycles. The van der Waals surface area contributed by atoms with E-state index in [1.165, 1.54) is 0 Å². The SMILES string of the molecule is C=CC1=C(C(=C)Br)OCCN1. The zero-order valence-corrected chi connectivity index (χ0v) is 7.78. The lowest BCUT2D eigenvalue weighted by Gasteiger charge is -2.20. The molecule has 0 amide bonds. The second-order valence-corrected chi connectivity index (χ2v) is 3.08. The zero-order valence-electron chi connectivity index (χ0n) is 6.19. The first-order valence-electron chi connectivity index (χ1n) is 3.34. The third-order valence-corrected chi connectivity index (χ3v) is 1.72. The summed E-state index contributed by atoms with van der Waals surface area (Å²) in [5.41, 5.74) is 0.901. The van der Waals surface area contributed by atoms with E-state index < -0.39 is 0 Å². The van der Waals surface area contributed by atoms with Gasteiger partial charge in [0.25, 0.3) is 0 Å². The van der Waals surface area contributed by atoms with Crippen LogP contribution in [0.3, 0.4) is 0 Å². The van der Waals surface area contributed by atoms with Crippen LogP contribution in [0.4, 0.5) is 0 Å². The van der Waals surface area contributed by atoms with Crippen molar-refractivity contribution in [3.8, 4) is 0 Å². The maximum Gasteiger partial charge on any atom is 0.156 e. The van der Waals surface area contributed by atoms with Crippen LogP contribution in [-0.4, -0.2) is 13.2 Å². The number of hydrogen-bond acceptors (Lipinski definition) is 2. The Morgan fingerprint density at radius 3 is 2.91 bits per heavy atom. The second-order valence-electron chi connectivity index (χ2n) is 2.13. The molecule has 0 spiro atoms. The quantitative estimate of drug-likeness (QED) is 0.761. The van der Waals surface area contributed by atoms with Gasteiger partial charge in [-0.3, -0.25) is 0 Å². The number of halogens is 1. The standard InChI is InChI=1S/C8H10BrNO/c1-3-7-8(6(2)9)11-5-4-10-7/h3,10H,1-2,4-5H2. The van der Waals surface area contributed by atoms with E-state index in [1.807, 2.05) is 0 Å². The van der Waals surface area contributed by atoms with E-state index in [2.05, 4.69) is 34.4 Å². The van der Waals surface area contributed by atoms with Gasteiger partial charge in [0.05, 0.1) is 10.2 Å². The highest BCUT2D eigenvalue weighted by molar-refractivity contribution is 9.11. The van der Waals surface area contributed by atoms with Crippen LogP contribution in [0.2, 0.25) is 0 Å². The molecule has 0 saturated carbocycles. The highest BCUT2D eigenvalue weighted by atomic mass is 79.9. The molecule has 0 bridgehead atoms. The van der Waals surface area contributed by atoms with Gasteiger partial charge in [0.2, 0.25) is 0 Å². The smallest absolute Gasteiger partial charge is 0.156 e. The third-order valence-electron chi connectivity index (χ3n) is 1.36. The molecule has 11 heavy (non-hydrogen) atoms. The topological polar surface area (TPSA) is 21.3 Å². The van der Waals surface area contributed by atoms with Gasteiger partial charge in [-0.15, -0.1) is 0 Å². The predicted octanol–water partition coefficient (Wildman–Crippen LogP) is 1.91. The van der Waals surface area contributed by atoms with E-state index in [4.69, 9.17) is 4.74 Å².